The summed E-state index contributed by atoms with van der Waals surface area (Å²) in [5, 5.41) is 5.33. The second-order valence-electron chi connectivity index (χ2n) is 6.89. The molecule has 21 heavy (non-hydrogen) atoms. The highest BCUT2D eigenvalue weighted by atomic mass is 16.5. The van der Waals surface area contributed by atoms with Crippen molar-refractivity contribution in [3.05, 3.63) is 35.5 Å². The minimum absolute atomic E-state index is 0.463. The van der Waals surface area contributed by atoms with Crippen LogP contribution in [0, 0.1) is 0 Å². The number of para-hydroxylation sites is 1. The van der Waals surface area contributed by atoms with E-state index in [0.29, 0.717) is 24.3 Å². The lowest BCUT2D eigenvalue weighted by molar-refractivity contribution is 0.0955. The van der Waals surface area contributed by atoms with Crippen molar-refractivity contribution < 1.29 is 4.74 Å². The van der Waals surface area contributed by atoms with Gasteiger partial charge < -0.3 is 15.0 Å². The second-order valence-corrected chi connectivity index (χ2v) is 6.89. The first-order valence-corrected chi connectivity index (χ1v) is 8.39. The van der Waals surface area contributed by atoms with E-state index >= 15 is 0 Å². The average Bonchev–Trinajstić information content (AvgIpc) is 3.20. The minimum atomic E-state index is 0.463. The summed E-state index contributed by atoms with van der Waals surface area (Å²) in [6.45, 7) is 0. The van der Waals surface area contributed by atoms with E-state index in [-0.39, 0.29) is 0 Å². The molecule has 2 N–H and O–H groups in total. The van der Waals surface area contributed by atoms with Crippen LogP contribution in [0.2, 0.25) is 0 Å². The first-order chi connectivity index (χ1) is 10.4. The molecular formula is C18H22N2O. The number of fused-ring (bicyclic) bond motifs is 5. The summed E-state index contributed by atoms with van der Waals surface area (Å²) in [6.07, 6.45) is 8.45. The quantitative estimate of drug-likeness (QED) is 0.885. The van der Waals surface area contributed by atoms with Gasteiger partial charge in [0.1, 0.15) is 0 Å². The Labute approximate surface area is 125 Å². The van der Waals surface area contributed by atoms with Gasteiger partial charge in [0.25, 0.3) is 0 Å². The second kappa shape index (κ2) is 4.59. The highest BCUT2D eigenvalue weighted by molar-refractivity contribution is 5.85. The molecule has 0 saturated carbocycles. The van der Waals surface area contributed by atoms with E-state index in [0.717, 1.165) is 0 Å². The Morgan fingerprint density at radius 1 is 1.14 bits per heavy atom. The zero-order valence-electron chi connectivity index (χ0n) is 12.3. The van der Waals surface area contributed by atoms with E-state index in [4.69, 9.17) is 4.74 Å². The van der Waals surface area contributed by atoms with Gasteiger partial charge in [0, 0.05) is 28.7 Å². The molecule has 2 bridgehead atoms. The molecule has 2 aliphatic heterocycles. The lowest BCUT2D eigenvalue weighted by atomic mass is 9.89. The van der Waals surface area contributed by atoms with Crippen LogP contribution in [0.25, 0.3) is 10.9 Å². The minimum Gasteiger partial charge on any atom is -0.373 e. The summed E-state index contributed by atoms with van der Waals surface area (Å²) in [7, 11) is 0. The smallest absolute Gasteiger partial charge is 0.0733 e. The number of benzene rings is 1. The molecule has 0 amide bonds. The summed E-state index contributed by atoms with van der Waals surface area (Å²) in [4.78, 5) is 3.68. The molecule has 3 heterocycles. The van der Waals surface area contributed by atoms with Crippen LogP contribution in [0.5, 0.6) is 0 Å². The average molecular weight is 282 g/mol. The lowest BCUT2D eigenvalue weighted by Crippen LogP contribution is -2.40. The van der Waals surface area contributed by atoms with E-state index in [2.05, 4.69) is 34.6 Å². The maximum atomic E-state index is 6.00. The van der Waals surface area contributed by atoms with Crippen molar-refractivity contribution in [1.82, 2.24) is 10.3 Å². The fraction of sp³-hybridized carbons (Fsp3) is 0.556. The van der Waals surface area contributed by atoms with Crippen LogP contribution >= 0.6 is 0 Å². The zero-order valence-corrected chi connectivity index (χ0v) is 12.3. The van der Waals surface area contributed by atoms with Crippen molar-refractivity contribution in [1.29, 1.82) is 0 Å². The Hall–Kier alpha value is -1.32. The van der Waals surface area contributed by atoms with Crippen LogP contribution in [0.4, 0.5) is 0 Å². The molecule has 4 atom stereocenters. The molecule has 110 valence electrons. The van der Waals surface area contributed by atoms with Gasteiger partial charge in [0.15, 0.2) is 0 Å². The molecule has 2 saturated heterocycles. The first-order valence-electron chi connectivity index (χ1n) is 8.39. The topological polar surface area (TPSA) is 37.0 Å². The van der Waals surface area contributed by atoms with Crippen LogP contribution in [0.3, 0.4) is 0 Å². The standard InChI is InChI=1S/C18H22N2O/c1-2-6-14-12(4-1)13-5-3-7-15(18(13)20-14)19-16-10-11-8-9-17(16)21-11/h1-2,4,6,11,15-17,19-20H,3,5,7-10H2. The molecule has 1 aromatic heterocycles. The predicted octanol–water partition coefficient (Wildman–Crippen LogP) is 3.45. The van der Waals surface area contributed by atoms with Gasteiger partial charge in [-0.1, -0.05) is 18.2 Å². The van der Waals surface area contributed by atoms with E-state index < -0.39 is 0 Å². The number of rotatable bonds is 2. The summed E-state index contributed by atoms with van der Waals surface area (Å²) < 4.78 is 6.00. The van der Waals surface area contributed by atoms with Gasteiger partial charge in [-0.2, -0.15) is 0 Å². The summed E-state index contributed by atoms with van der Waals surface area (Å²) in [5.41, 5.74) is 4.27. The number of hydrogen-bond acceptors (Lipinski definition) is 2. The van der Waals surface area contributed by atoms with Crippen molar-refractivity contribution in [2.24, 2.45) is 0 Å². The van der Waals surface area contributed by atoms with Crippen LogP contribution in [-0.2, 0) is 11.2 Å². The van der Waals surface area contributed by atoms with Crippen molar-refractivity contribution in [3.8, 4) is 0 Å². The molecule has 5 rings (SSSR count). The van der Waals surface area contributed by atoms with Crippen LogP contribution < -0.4 is 5.32 Å². The molecule has 2 aromatic rings. The third-order valence-corrected chi connectivity index (χ3v) is 5.64. The number of nitrogens with one attached hydrogen (secondary N) is 2. The molecule has 2 fully saturated rings. The molecule has 1 aromatic carbocycles. The molecule has 3 nitrogen and oxygen atoms in total. The SMILES string of the molecule is c1ccc2c3c([nH]c2c1)C(NC1CC2CCC1O2)CCC3. The molecular weight excluding hydrogens is 260 g/mol. The monoisotopic (exact) mass is 282 g/mol. The van der Waals surface area contributed by atoms with E-state index in [9.17, 15) is 0 Å². The van der Waals surface area contributed by atoms with Gasteiger partial charge in [-0.25, -0.2) is 0 Å². The molecule has 0 radical (unpaired) electrons. The van der Waals surface area contributed by atoms with E-state index in [1.165, 1.54) is 55.1 Å². The Morgan fingerprint density at radius 2 is 2.10 bits per heavy atom. The molecule has 0 spiro atoms. The molecule has 4 unspecified atom stereocenters. The zero-order chi connectivity index (χ0) is 13.8. The Morgan fingerprint density at radius 3 is 2.95 bits per heavy atom. The van der Waals surface area contributed by atoms with Crippen LogP contribution in [0.15, 0.2) is 24.3 Å². The van der Waals surface area contributed by atoms with Gasteiger partial charge in [0.2, 0.25) is 0 Å². The number of aromatic amines is 1. The maximum absolute atomic E-state index is 6.00. The Kier molecular flexibility index (Phi) is 2.67. The first kappa shape index (κ1) is 12.2. The number of aromatic nitrogens is 1. The molecule has 3 aliphatic rings. The van der Waals surface area contributed by atoms with Gasteiger partial charge in [-0.3, -0.25) is 0 Å². The van der Waals surface area contributed by atoms with Gasteiger partial charge in [0.05, 0.1) is 12.2 Å². The highest BCUT2D eigenvalue weighted by Gasteiger charge is 2.42. The fourth-order valence-electron chi connectivity index (χ4n) is 4.65. The van der Waals surface area contributed by atoms with E-state index in [1.807, 2.05) is 0 Å². The predicted molar refractivity (Wildman–Crippen MR) is 83.4 cm³/mol. The third kappa shape index (κ3) is 1.87. The molecule has 1 aliphatic carbocycles. The van der Waals surface area contributed by atoms with E-state index in [1.54, 1.807) is 5.56 Å². The number of ether oxygens (including phenoxy) is 1. The molecule has 3 heteroatoms. The summed E-state index contributed by atoms with van der Waals surface area (Å²) in [6, 6.07) is 9.77. The van der Waals surface area contributed by atoms with Crippen molar-refractivity contribution in [2.45, 2.75) is 62.8 Å². The number of H-pyrrole nitrogens is 1. The maximum Gasteiger partial charge on any atom is 0.0733 e. The Balaban J connectivity index is 1.47. The van der Waals surface area contributed by atoms with Crippen molar-refractivity contribution >= 4 is 10.9 Å². The Bertz CT molecular complexity index is 677. The largest absolute Gasteiger partial charge is 0.373 e. The lowest BCUT2D eigenvalue weighted by Gasteiger charge is -2.29. The van der Waals surface area contributed by atoms with Crippen LogP contribution in [-0.4, -0.2) is 23.2 Å². The number of hydrogen-bond donors (Lipinski definition) is 2. The highest BCUT2D eigenvalue weighted by Crippen LogP contribution is 2.39. The summed E-state index contributed by atoms with van der Waals surface area (Å²) >= 11 is 0. The van der Waals surface area contributed by atoms with Gasteiger partial charge in [-0.15, -0.1) is 0 Å². The van der Waals surface area contributed by atoms with Crippen molar-refractivity contribution in [3.63, 3.8) is 0 Å². The number of aryl methyl sites for hydroxylation is 1. The summed E-state index contributed by atoms with van der Waals surface area (Å²) in [5.74, 6) is 0. The van der Waals surface area contributed by atoms with Crippen LogP contribution in [0.1, 0.15) is 49.4 Å². The fourth-order valence-corrected chi connectivity index (χ4v) is 4.65. The third-order valence-electron chi connectivity index (χ3n) is 5.64. The van der Waals surface area contributed by atoms with Gasteiger partial charge >= 0.3 is 0 Å². The van der Waals surface area contributed by atoms with Crippen molar-refractivity contribution in [2.75, 3.05) is 0 Å². The van der Waals surface area contributed by atoms with Gasteiger partial charge in [-0.05, 0) is 50.2 Å². The normalized spacial score (nSPS) is 34.5.